The molecule has 0 spiro atoms. The van der Waals surface area contributed by atoms with Crippen LogP contribution in [0.5, 0.6) is 11.5 Å². The lowest BCUT2D eigenvalue weighted by molar-refractivity contribution is 0.206. The molecule has 0 amide bonds. The maximum Gasteiger partial charge on any atom is 0.183 e. The van der Waals surface area contributed by atoms with E-state index < -0.39 is 0 Å². The largest absolute Gasteiger partial charge is 0.493 e. The number of hydrogen-bond acceptors (Lipinski definition) is 5. The highest BCUT2D eigenvalue weighted by Gasteiger charge is 2.17. The number of piperidine rings is 1. The lowest BCUT2D eigenvalue weighted by atomic mass is 9.98. The summed E-state index contributed by atoms with van der Waals surface area (Å²) in [6.07, 6.45) is 4.36. The van der Waals surface area contributed by atoms with Gasteiger partial charge in [0.1, 0.15) is 0 Å². The van der Waals surface area contributed by atoms with E-state index in [9.17, 15) is 0 Å². The van der Waals surface area contributed by atoms with Crippen LogP contribution in [-0.2, 0) is 6.54 Å². The van der Waals surface area contributed by atoms with E-state index in [1.165, 1.54) is 25.9 Å². The average Bonchev–Trinajstić information content (AvgIpc) is 2.47. The Kier molecular flexibility index (Phi) is 5.61. The highest BCUT2D eigenvalue weighted by Crippen LogP contribution is 2.28. The first-order chi connectivity index (χ1) is 9.74. The van der Waals surface area contributed by atoms with Gasteiger partial charge in [-0.15, -0.1) is 0 Å². The summed E-state index contributed by atoms with van der Waals surface area (Å²) < 4.78 is 10.7. The van der Waals surface area contributed by atoms with Gasteiger partial charge in [0.15, 0.2) is 11.5 Å². The van der Waals surface area contributed by atoms with Crippen LogP contribution in [0.2, 0.25) is 0 Å². The minimum absolute atomic E-state index is 0.709. The predicted octanol–water partition coefficient (Wildman–Crippen LogP) is 1.53. The molecule has 2 heterocycles. The van der Waals surface area contributed by atoms with Crippen LogP contribution in [0.1, 0.15) is 18.5 Å². The molecule has 0 bridgehead atoms. The lowest BCUT2D eigenvalue weighted by Crippen LogP contribution is -2.37. The first-order valence-electron chi connectivity index (χ1n) is 7.19. The van der Waals surface area contributed by atoms with Crippen LogP contribution in [0.3, 0.4) is 0 Å². The molecule has 0 aromatic carbocycles. The summed E-state index contributed by atoms with van der Waals surface area (Å²) in [7, 11) is 5.49. The smallest absolute Gasteiger partial charge is 0.183 e. The number of nitrogens with zero attached hydrogens (tertiary/aromatic N) is 2. The summed E-state index contributed by atoms with van der Waals surface area (Å²) in [5, 5.41) is 3.49. The molecule has 0 aliphatic carbocycles. The van der Waals surface area contributed by atoms with Gasteiger partial charge in [0.2, 0.25) is 0 Å². The maximum atomic E-state index is 5.39. The van der Waals surface area contributed by atoms with Crippen LogP contribution in [0, 0.1) is 5.92 Å². The van der Waals surface area contributed by atoms with Gasteiger partial charge in [-0.1, -0.05) is 0 Å². The van der Waals surface area contributed by atoms with Gasteiger partial charge in [-0.05, 0) is 38.9 Å². The molecule has 1 aromatic heterocycles. The molecule has 1 saturated heterocycles. The molecular formula is C15H25N3O2. The Morgan fingerprint density at radius 1 is 1.40 bits per heavy atom. The van der Waals surface area contributed by atoms with Crippen molar-refractivity contribution in [2.45, 2.75) is 19.4 Å². The van der Waals surface area contributed by atoms with Gasteiger partial charge in [-0.3, -0.25) is 4.98 Å². The number of aromatic nitrogens is 1. The number of nitrogens with one attached hydrogen (secondary N) is 1. The van der Waals surface area contributed by atoms with Crippen molar-refractivity contribution in [1.82, 2.24) is 15.2 Å². The van der Waals surface area contributed by atoms with Crippen molar-refractivity contribution in [2.24, 2.45) is 5.92 Å². The van der Waals surface area contributed by atoms with Crippen LogP contribution in [0.4, 0.5) is 0 Å². The second-order valence-electron chi connectivity index (χ2n) is 5.39. The van der Waals surface area contributed by atoms with Gasteiger partial charge >= 0.3 is 0 Å². The monoisotopic (exact) mass is 279 g/mol. The van der Waals surface area contributed by atoms with Gasteiger partial charge in [-0.2, -0.15) is 0 Å². The number of likely N-dealkylation sites (tertiary alicyclic amines) is 1. The van der Waals surface area contributed by atoms with Crippen LogP contribution >= 0.6 is 0 Å². The van der Waals surface area contributed by atoms with Gasteiger partial charge in [0.05, 0.1) is 19.9 Å². The van der Waals surface area contributed by atoms with E-state index in [4.69, 9.17) is 9.47 Å². The summed E-state index contributed by atoms with van der Waals surface area (Å²) in [5.41, 5.74) is 0.899. The Hall–Kier alpha value is -1.33. The number of rotatable bonds is 6. The van der Waals surface area contributed by atoms with Crippen molar-refractivity contribution >= 4 is 0 Å². The molecule has 20 heavy (non-hydrogen) atoms. The molecule has 1 atom stereocenters. The van der Waals surface area contributed by atoms with E-state index in [0.29, 0.717) is 6.54 Å². The minimum atomic E-state index is 0.709. The van der Waals surface area contributed by atoms with Crippen LogP contribution < -0.4 is 14.8 Å². The summed E-state index contributed by atoms with van der Waals surface area (Å²) in [5.74, 6) is 2.19. The SMILES string of the molecule is COc1ccnc(CNCC2CCCN(C)C2)c1OC. The highest BCUT2D eigenvalue weighted by atomic mass is 16.5. The third-order valence-electron chi connectivity index (χ3n) is 3.81. The molecule has 112 valence electrons. The van der Waals surface area contributed by atoms with E-state index >= 15 is 0 Å². The van der Waals surface area contributed by atoms with Crippen LogP contribution in [0.25, 0.3) is 0 Å². The molecule has 5 heteroatoms. The molecule has 1 unspecified atom stereocenters. The third-order valence-corrected chi connectivity index (χ3v) is 3.81. The Morgan fingerprint density at radius 2 is 2.25 bits per heavy atom. The molecule has 0 saturated carbocycles. The number of ether oxygens (including phenoxy) is 2. The topological polar surface area (TPSA) is 46.6 Å². The molecule has 2 rings (SSSR count). The highest BCUT2D eigenvalue weighted by molar-refractivity contribution is 5.42. The van der Waals surface area contributed by atoms with E-state index in [1.807, 2.05) is 6.07 Å². The standard InChI is InChI=1S/C15H25N3O2/c1-18-8-4-5-12(11-18)9-16-10-13-15(20-3)14(19-2)6-7-17-13/h6-7,12,16H,4-5,8-11H2,1-3H3. The Bertz CT molecular complexity index is 426. The lowest BCUT2D eigenvalue weighted by Gasteiger charge is -2.29. The maximum absolute atomic E-state index is 5.39. The average molecular weight is 279 g/mol. The molecule has 5 nitrogen and oxygen atoms in total. The van der Waals surface area contributed by atoms with Crippen molar-refractivity contribution in [1.29, 1.82) is 0 Å². The number of methoxy groups -OCH3 is 2. The molecule has 0 radical (unpaired) electrons. The van der Waals surface area contributed by atoms with Crippen molar-refractivity contribution < 1.29 is 9.47 Å². The second-order valence-corrected chi connectivity index (χ2v) is 5.39. The number of pyridine rings is 1. The van der Waals surface area contributed by atoms with E-state index in [1.54, 1.807) is 20.4 Å². The fourth-order valence-corrected chi connectivity index (χ4v) is 2.81. The normalized spacial score (nSPS) is 19.9. The van der Waals surface area contributed by atoms with E-state index in [-0.39, 0.29) is 0 Å². The molecule has 1 fully saturated rings. The fraction of sp³-hybridized carbons (Fsp3) is 0.667. The van der Waals surface area contributed by atoms with Gasteiger partial charge in [0.25, 0.3) is 0 Å². The first kappa shape index (κ1) is 15.1. The third kappa shape index (κ3) is 3.84. The summed E-state index contributed by atoms with van der Waals surface area (Å²) >= 11 is 0. The van der Waals surface area contributed by atoms with Crippen molar-refractivity contribution in [3.63, 3.8) is 0 Å². The van der Waals surface area contributed by atoms with Crippen LogP contribution in [0.15, 0.2) is 12.3 Å². The summed E-state index contributed by atoms with van der Waals surface area (Å²) in [6.45, 7) is 4.13. The first-order valence-corrected chi connectivity index (χ1v) is 7.19. The predicted molar refractivity (Wildman–Crippen MR) is 79.3 cm³/mol. The second kappa shape index (κ2) is 7.45. The Labute approximate surface area is 121 Å². The van der Waals surface area contributed by atoms with Gasteiger partial charge < -0.3 is 19.7 Å². The molecule has 1 aliphatic rings. The summed E-state index contributed by atoms with van der Waals surface area (Å²) in [6, 6.07) is 1.82. The quantitative estimate of drug-likeness (QED) is 0.855. The molecule has 1 aliphatic heterocycles. The fourth-order valence-electron chi connectivity index (χ4n) is 2.81. The van der Waals surface area contributed by atoms with Gasteiger partial charge in [0, 0.05) is 25.4 Å². The zero-order valence-corrected chi connectivity index (χ0v) is 12.7. The zero-order chi connectivity index (χ0) is 14.4. The van der Waals surface area contributed by atoms with Gasteiger partial charge in [-0.25, -0.2) is 0 Å². The van der Waals surface area contributed by atoms with E-state index in [0.717, 1.165) is 29.7 Å². The summed E-state index contributed by atoms with van der Waals surface area (Å²) in [4.78, 5) is 6.78. The Balaban J connectivity index is 1.87. The van der Waals surface area contributed by atoms with Crippen molar-refractivity contribution in [2.75, 3.05) is 40.9 Å². The van der Waals surface area contributed by atoms with Crippen molar-refractivity contribution in [3.8, 4) is 11.5 Å². The minimum Gasteiger partial charge on any atom is -0.493 e. The zero-order valence-electron chi connectivity index (χ0n) is 12.7. The molecule has 1 N–H and O–H groups in total. The van der Waals surface area contributed by atoms with Crippen molar-refractivity contribution in [3.05, 3.63) is 18.0 Å². The number of hydrogen-bond donors (Lipinski definition) is 1. The van der Waals surface area contributed by atoms with E-state index in [2.05, 4.69) is 22.2 Å². The molecular weight excluding hydrogens is 254 g/mol. The molecule has 1 aromatic rings. The van der Waals surface area contributed by atoms with Crippen LogP contribution in [-0.4, -0.2) is 50.8 Å². The Morgan fingerprint density at radius 3 is 2.95 bits per heavy atom.